The summed E-state index contributed by atoms with van der Waals surface area (Å²) < 4.78 is 31.4. The predicted molar refractivity (Wildman–Crippen MR) is 102 cm³/mol. The summed E-state index contributed by atoms with van der Waals surface area (Å²) in [5.41, 5.74) is 0.596. The lowest BCUT2D eigenvalue weighted by molar-refractivity contribution is -0.123. The highest BCUT2D eigenvalue weighted by molar-refractivity contribution is 5.99. The van der Waals surface area contributed by atoms with Crippen LogP contribution in [0.25, 0.3) is 0 Å². The molecule has 1 aliphatic rings. The van der Waals surface area contributed by atoms with Gasteiger partial charge in [0.05, 0.1) is 21.3 Å². The van der Waals surface area contributed by atoms with Crippen molar-refractivity contribution in [3.63, 3.8) is 0 Å². The van der Waals surface area contributed by atoms with Crippen molar-refractivity contribution in [2.75, 3.05) is 33.4 Å². The smallest absolute Gasteiger partial charge is 0.342 e. The Hall–Kier alpha value is -3.62. The van der Waals surface area contributed by atoms with Crippen molar-refractivity contribution in [1.29, 1.82) is 0 Å². The van der Waals surface area contributed by atoms with E-state index in [0.29, 0.717) is 28.7 Å². The van der Waals surface area contributed by atoms with Crippen LogP contribution < -0.4 is 29.0 Å². The summed E-state index contributed by atoms with van der Waals surface area (Å²) in [6.07, 6.45) is -1.06. The van der Waals surface area contributed by atoms with E-state index in [9.17, 15) is 9.59 Å². The Bertz CT molecular complexity index is 927. The first-order valence-electron chi connectivity index (χ1n) is 8.68. The fourth-order valence-corrected chi connectivity index (χ4v) is 2.68. The summed E-state index contributed by atoms with van der Waals surface area (Å²) in [7, 11) is 4.33. The van der Waals surface area contributed by atoms with Crippen LogP contribution in [0.1, 0.15) is 17.3 Å². The summed E-state index contributed by atoms with van der Waals surface area (Å²) in [5, 5.41) is 2.67. The van der Waals surface area contributed by atoms with E-state index >= 15 is 0 Å². The normalized spacial score (nSPS) is 12.7. The third-order valence-electron chi connectivity index (χ3n) is 4.22. The Morgan fingerprint density at radius 3 is 2.28 bits per heavy atom. The predicted octanol–water partition coefficient (Wildman–Crippen LogP) is 2.63. The molecule has 3 rings (SSSR count). The molecule has 1 amide bonds. The topological polar surface area (TPSA) is 102 Å². The van der Waals surface area contributed by atoms with Gasteiger partial charge in [-0.2, -0.15) is 0 Å². The molecule has 0 aliphatic carbocycles. The van der Waals surface area contributed by atoms with Crippen LogP contribution in [0.3, 0.4) is 0 Å². The van der Waals surface area contributed by atoms with Crippen LogP contribution >= 0.6 is 0 Å². The maximum atomic E-state index is 12.6. The summed E-state index contributed by atoms with van der Waals surface area (Å²) >= 11 is 0. The number of nitrogens with one attached hydrogen (secondary N) is 1. The molecular formula is C20H21NO8. The van der Waals surface area contributed by atoms with E-state index < -0.39 is 18.0 Å². The van der Waals surface area contributed by atoms with Crippen LogP contribution in [0.4, 0.5) is 5.69 Å². The third-order valence-corrected chi connectivity index (χ3v) is 4.22. The van der Waals surface area contributed by atoms with Crippen LogP contribution in [0, 0.1) is 0 Å². The molecule has 0 bridgehead atoms. The molecule has 2 aromatic rings. The number of fused-ring (bicyclic) bond motifs is 1. The number of amides is 1. The van der Waals surface area contributed by atoms with Gasteiger partial charge < -0.3 is 33.7 Å². The van der Waals surface area contributed by atoms with Crippen LogP contribution in [0.2, 0.25) is 0 Å². The van der Waals surface area contributed by atoms with Crippen molar-refractivity contribution in [3.8, 4) is 28.7 Å². The van der Waals surface area contributed by atoms with Gasteiger partial charge in [-0.3, -0.25) is 4.79 Å². The lowest BCUT2D eigenvalue weighted by Crippen LogP contribution is -2.30. The van der Waals surface area contributed by atoms with Crippen molar-refractivity contribution in [3.05, 3.63) is 35.9 Å². The number of rotatable bonds is 7. The summed E-state index contributed by atoms with van der Waals surface area (Å²) in [6, 6.07) is 7.92. The lowest BCUT2D eigenvalue weighted by Gasteiger charge is -2.16. The Morgan fingerprint density at radius 2 is 1.59 bits per heavy atom. The first-order chi connectivity index (χ1) is 14.0. The average molecular weight is 403 g/mol. The van der Waals surface area contributed by atoms with E-state index in [2.05, 4.69) is 5.32 Å². The standard InChI is InChI=1S/C20H21NO8/c1-11(19(22)21-12-5-6-14-18(7-12)28-10-27-14)29-20(23)13-8-16(25-3)17(26-4)9-15(13)24-2/h5-9,11H,10H2,1-4H3,(H,21,22)/t11-/m0/s1. The van der Waals surface area contributed by atoms with E-state index in [-0.39, 0.29) is 18.1 Å². The highest BCUT2D eigenvalue weighted by Crippen LogP contribution is 2.36. The summed E-state index contributed by atoms with van der Waals surface area (Å²) in [4.78, 5) is 25.0. The van der Waals surface area contributed by atoms with Gasteiger partial charge in [-0.05, 0) is 19.1 Å². The van der Waals surface area contributed by atoms with Crippen molar-refractivity contribution in [2.45, 2.75) is 13.0 Å². The largest absolute Gasteiger partial charge is 0.496 e. The van der Waals surface area contributed by atoms with Gasteiger partial charge in [0, 0.05) is 23.9 Å². The highest BCUT2D eigenvalue weighted by atomic mass is 16.7. The Kier molecular flexibility index (Phi) is 5.96. The molecule has 0 spiro atoms. The van der Waals surface area contributed by atoms with Gasteiger partial charge in [-0.1, -0.05) is 0 Å². The van der Waals surface area contributed by atoms with Crippen LogP contribution in [-0.2, 0) is 9.53 Å². The molecule has 1 atom stereocenters. The van der Waals surface area contributed by atoms with Gasteiger partial charge in [0.25, 0.3) is 5.91 Å². The maximum Gasteiger partial charge on any atom is 0.342 e. The number of anilines is 1. The van der Waals surface area contributed by atoms with Crippen molar-refractivity contribution in [2.24, 2.45) is 0 Å². The average Bonchev–Trinajstić information content (AvgIpc) is 3.20. The molecule has 0 saturated carbocycles. The first-order valence-corrected chi connectivity index (χ1v) is 8.68. The minimum Gasteiger partial charge on any atom is -0.496 e. The second kappa shape index (κ2) is 8.59. The zero-order valence-electron chi connectivity index (χ0n) is 16.4. The van der Waals surface area contributed by atoms with E-state index in [0.717, 1.165) is 0 Å². The molecule has 9 nitrogen and oxygen atoms in total. The van der Waals surface area contributed by atoms with Crippen molar-refractivity contribution < 1.29 is 38.0 Å². The molecule has 154 valence electrons. The molecular weight excluding hydrogens is 382 g/mol. The molecule has 1 heterocycles. The molecule has 2 aromatic carbocycles. The summed E-state index contributed by atoms with van der Waals surface area (Å²) in [6.45, 7) is 1.60. The number of carbonyl (C=O) groups excluding carboxylic acids is 2. The minimum absolute atomic E-state index is 0.105. The molecule has 0 radical (unpaired) electrons. The first kappa shape index (κ1) is 20.1. The summed E-state index contributed by atoms with van der Waals surface area (Å²) in [5.74, 6) is 0.849. The van der Waals surface area contributed by atoms with Gasteiger partial charge >= 0.3 is 5.97 Å². The molecule has 0 fully saturated rings. The van der Waals surface area contributed by atoms with Gasteiger partial charge in [-0.15, -0.1) is 0 Å². The molecule has 29 heavy (non-hydrogen) atoms. The van der Waals surface area contributed by atoms with E-state index in [4.69, 9.17) is 28.4 Å². The molecule has 9 heteroatoms. The fourth-order valence-electron chi connectivity index (χ4n) is 2.68. The van der Waals surface area contributed by atoms with Gasteiger partial charge in [0.1, 0.15) is 11.3 Å². The second-order valence-corrected chi connectivity index (χ2v) is 6.01. The molecule has 0 saturated heterocycles. The Labute approximate surface area is 167 Å². The molecule has 1 N–H and O–H groups in total. The molecule has 1 aliphatic heterocycles. The van der Waals surface area contributed by atoms with Crippen LogP contribution in [0.5, 0.6) is 28.7 Å². The zero-order valence-corrected chi connectivity index (χ0v) is 16.4. The van der Waals surface area contributed by atoms with E-state index in [1.807, 2.05) is 0 Å². The van der Waals surface area contributed by atoms with Crippen LogP contribution in [-0.4, -0.2) is 46.1 Å². The van der Waals surface area contributed by atoms with E-state index in [1.165, 1.54) is 40.4 Å². The molecule has 0 unspecified atom stereocenters. The van der Waals surface area contributed by atoms with Crippen LogP contribution in [0.15, 0.2) is 30.3 Å². The van der Waals surface area contributed by atoms with Gasteiger partial charge in [-0.25, -0.2) is 4.79 Å². The number of esters is 1. The number of benzene rings is 2. The second-order valence-electron chi connectivity index (χ2n) is 6.01. The highest BCUT2D eigenvalue weighted by Gasteiger charge is 2.24. The number of ether oxygens (including phenoxy) is 6. The number of hydrogen-bond donors (Lipinski definition) is 1. The third kappa shape index (κ3) is 4.29. The Morgan fingerprint density at radius 1 is 0.931 bits per heavy atom. The SMILES string of the molecule is COc1cc(OC)c(C(=O)O[C@@H](C)C(=O)Nc2ccc3c(c2)OCO3)cc1OC. The number of carbonyl (C=O) groups is 2. The lowest BCUT2D eigenvalue weighted by atomic mass is 10.1. The maximum absolute atomic E-state index is 12.6. The van der Waals surface area contributed by atoms with E-state index in [1.54, 1.807) is 18.2 Å². The van der Waals surface area contributed by atoms with Crippen molar-refractivity contribution >= 4 is 17.6 Å². The van der Waals surface area contributed by atoms with Gasteiger partial charge in [0.15, 0.2) is 29.1 Å². The van der Waals surface area contributed by atoms with Gasteiger partial charge in [0.2, 0.25) is 6.79 Å². The zero-order chi connectivity index (χ0) is 21.0. The van der Waals surface area contributed by atoms with Crippen molar-refractivity contribution in [1.82, 2.24) is 0 Å². The monoisotopic (exact) mass is 403 g/mol. The number of hydrogen-bond acceptors (Lipinski definition) is 8. The number of methoxy groups -OCH3 is 3. The minimum atomic E-state index is -1.06. The quantitative estimate of drug-likeness (QED) is 0.704. The fraction of sp³-hybridized carbons (Fsp3) is 0.300. The molecule has 0 aromatic heterocycles. The Balaban J connectivity index is 1.70.